The van der Waals surface area contributed by atoms with Crippen molar-refractivity contribution in [2.45, 2.75) is 12.3 Å². The zero-order valence-corrected chi connectivity index (χ0v) is 11.2. The van der Waals surface area contributed by atoms with Crippen molar-refractivity contribution in [3.8, 4) is 0 Å². The number of aromatic nitrogens is 1. The van der Waals surface area contributed by atoms with E-state index in [2.05, 4.69) is 20.9 Å². The van der Waals surface area contributed by atoms with Crippen molar-refractivity contribution in [1.29, 1.82) is 0 Å². The molecular formula is C12H10BrNO2S. The molecule has 88 valence electrons. The first-order chi connectivity index (χ1) is 8.16. The zero-order valence-electron chi connectivity index (χ0n) is 8.84. The predicted molar refractivity (Wildman–Crippen MR) is 70.3 cm³/mol. The van der Waals surface area contributed by atoms with Crippen LogP contribution >= 0.6 is 27.3 Å². The van der Waals surface area contributed by atoms with Gasteiger partial charge in [0.2, 0.25) is 0 Å². The monoisotopic (exact) mass is 311 g/mol. The number of carboxylic acid groups (broad SMARTS) is 1. The first kappa shape index (κ1) is 12.3. The van der Waals surface area contributed by atoms with Crippen LogP contribution in [0.1, 0.15) is 16.4 Å². The Bertz CT molecular complexity index is 496. The van der Waals surface area contributed by atoms with E-state index in [9.17, 15) is 9.90 Å². The van der Waals surface area contributed by atoms with Gasteiger partial charge in [-0.1, -0.05) is 28.1 Å². The predicted octanol–water partition coefficient (Wildman–Crippen LogP) is 3.32. The largest absolute Gasteiger partial charge is 0.481 e. The Morgan fingerprint density at radius 2 is 2.12 bits per heavy atom. The summed E-state index contributed by atoms with van der Waals surface area (Å²) in [5, 5.41) is 9.27. The maximum Gasteiger partial charge on any atom is 0.311 e. The summed E-state index contributed by atoms with van der Waals surface area (Å²) in [6.45, 7) is 0. The van der Waals surface area contributed by atoms with E-state index in [-0.39, 0.29) is 0 Å². The molecule has 0 amide bonds. The number of carboxylic acids is 1. The molecule has 5 heteroatoms. The van der Waals surface area contributed by atoms with E-state index in [0.717, 1.165) is 14.9 Å². The summed E-state index contributed by atoms with van der Waals surface area (Å²) in [6, 6.07) is 7.39. The van der Waals surface area contributed by atoms with E-state index in [4.69, 9.17) is 0 Å². The van der Waals surface area contributed by atoms with E-state index in [1.54, 1.807) is 11.7 Å². The quantitative estimate of drug-likeness (QED) is 0.942. The third-order valence-corrected chi connectivity index (χ3v) is 3.79. The van der Waals surface area contributed by atoms with Gasteiger partial charge in [0.1, 0.15) is 0 Å². The Hall–Kier alpha value is -1.20. The number of hydrogen-bond donors (Lipinski definition) is 1. The molecule has 0 aliphatic rings. The molecule has 2 aromatic rings. The molecule has 3 nitrogen and oxygen atoms in total. The lowest BCUT2D eigenvalue weighted by molar-refractivity contribution is -0.138. The van der Waals surface area contributed by atoms with Crippen molar-refractivity contribution in [3.63, 3.8) is 0 Å². The second-order valence-corrected chi connectivity index (χ2v) is 5.50. The number of aliphatic carboxylic acids is 1. The van der Waals surface area contributed by atoms with Gasteiger partial charge < -0.3 is 5.11 Å². The summed E-state index contributed by atoms with van der Waals surface area (Å²) in [5.41, 5.74) is 2.53. The Morgan fingerprint density at radius 1 is 1.41 bits per heavy atom. The van der Waals surface area contributed by atoms with Crippen molar-refractivity contribution < 1.29 is 9.90 Å². The summed E-state index contributed by atoms with van der Waals surface area (Å²) < 4.78 is 0.947. The SMILES string of the molecule is O=C(O)C(Cc1cncs1)c1ccc(Br)cc1. The van der Waals surface area contributed by atoms with Gasteiger partial charge in [0.25, 0.3) is 0 Å². The number of carbonyl (C=O) groups is 1. The minimum Gasteiger partial charge on any atom is -0.481 e. The maximum absolute atomic E-state index is 11.3. The molecule has 1 atom stereocenters. The molecule has 1 aromatic carbocycles. The minimum absolute atomic E-state index is 0.488. The van der Waals surface area contributed by atoms with Crippen molar-refractivity contribution in [2.75, 3.05) is 0 Å². The lowest BCUT2D eigenvalue weighted by Crippen LogP contribution is -2.13. The van der Waals surface area contributed by atoms with Gasteiger partial charge in [-0.3, -0.25) is 9.78 Å². The van der Waals surface area contributed by atoms with E-state index in [1.807, 2.05) is 24.3 Å². The summed E-state index contributed by atoms with van der Waals surface area (Å²) in [6.07, 6.45) is 2.21. The van der Waals surface area contributed by atoms with Gasteiger partial charge in [-0.05, 0) is 17.7 Å². The molecule has 17 heavy (non-hydrogen) atoms. The van der Waals surface area contributed by atoms with Crippen molar-refractivity contribution in [2.24, 2.45) is 0 Å². The number of hydrogen-bond acceptors (Lipinski definition) is 3. The van der Waals surface area contributed by atoms with Gasteiger partial charge in [-0.25, -0.2) is 0 Å². The minimum atomic E-state index is -0.805. The fraction of sp³-hybridized carbons (Fsp3) is 0.167. The molecule has 0 bridgehead atoms. The second kappa shape index (κ2) is 5.42. The highest BCUT2D eigenvalue weighted by Gasteiger charge is 2.20. The number of halogens is 1. The Kier molecular flexibility index (Phi) is 3.91. The molecule has 0 saturated carbocycles. The highest BCUT2D eigenvalue weighted by molar-refractivity contribution is 9.10. The average Bonchev–Trinajstić information content (AvgIpc) is 2.80. The molecular weight excluding hydrogens is 302 g/mol. The Balaban J connectivity index is 2.23. The zero-order chi connectivity index (χ0) is 12.3. The van der Waals surface area contributed by atoms with Crippen LogP contribution in [0.2, 0.25) is 0 Å². The highest BCUT2D eigenvalue weighted by Crippen LogP contribution is 2.24. The van der Waals surface area contributed by atoms with Crippen LogP contribution in [-0.2, 0) is 11.2 Å². The molecule has 0 radical (unpaired) electrons. The average molecular weight is 312 g/mol. The van der Waals surface area contributed by atoms with Crippen LogP contribution < -0.4 is 0 Å². The molecule has 0 aliphatic heterocycles. The van der Waals surface area contributed by atoms with Crippen LogP contribution in [0, 0.1) is 0 Å². The lowest BCUT2D eigenvalue weighted by atomic mass is 9.95. The number of rotatable bonds is 4. The van der Waals surface area contributed by atoms with Crippen LogP contribution in [0.25, 0.3) is 0 Å². The summed E-state index contributed by atoms with van der Waals surface area (Å²) in [5.74, 6) is -1.32. The smallest absolute Gasteiger partial charge is 0.311 e. The molecule has 1 heterocycles. The van der Waals surface area contributed by atoms with Crippen LogP contribution in [0.5, 0.6) is 0 Å². The van der Waals surface area contributed by atoms with Crippen LogP contribution in [0.15, 0.2) is 40.4 Å². The molecule has 1 unspecified atom stereocenters. The fourth-order valence-corrected chi connectivity index (χ4v) is 2.49. The topological polar surface area (TPSA) is 50.2 Å². The summed E-state index contributed by atoms with van der Waals surface area (Å²) >= 11 is 4.82. The maximum atomic E-state index is 11.3. The van der Waals surface area contributed by atoms with E-state index < -0.39 is 11.9 Å². The first-order valence-electron chi connectivity index (χ1n) is 5.02. The fourth-order valence-electron chi connectivity index (χ4n) is 1.59. The third kappa shape index (κ3) is 3.14. The van der Waals surface area contributed by atoms with Crippen LogP contribution in [0.3, 0.4) is 0 Å². The molecule has 0 aliphatic carbocycles. The van der Waals surface area contributed by atoms with Gasteiger partial charge >= 0.3 is 5.97 Å². The van der Waals surface area contributed by atoms with Crippen molar-refractivity contribution in [3.05, 3.63) is 50.9 Å². The second-order valence-electron chi connectivity index (χ2n) is 3.61. The molecule has 1 aromatic heterocycles. The van der Waals surface area contributed by atoms with Crippen LogP contribution in [-0.4, -0.2) is 16.1 Å². The normalized spacial score (nSPS) is 12.3. The van der Waals surface area contributed by atoms with Crippen molar-refractivity contribution in [1.82, 2.24) is 4.98 Å². The van der Waals surface area contributed by atoms with E-state index in [1.165, 1.54) is 11.3 Å². The lowest BCUT2D eigenvalue weighted by Gasteiger charge is -2.11. The molecule has 2 rings (SSSR count). The van der Waals surface area contributed by atoms with Crippen molar-refractivity contribution >= 4 is 33.2 Å². The van der Waals surface area contributed by atoms with E-state index >= 15 is 0 Å². The van der Waals surface area contributed by atoms with Gasteiger partial charge in [-0.2, -0.15) is 0 Å². The van der Waals surface area contributed by atoms with E-state index in [0.29, 0.717) is 6.42 Å². The van der Waals surface area contributed by atoms with Gasteiger partial charge in [0.05, 0.1) is 11.4 Å². The standard InChI is InChI=1S/C12H10BrNO2S/c13-9-3-1-8(2-4-9)11(12(15)16)5-10-6-14-7-17-10/h1-4,6-7,11H,5H2,(H,15,16). The number of thiazole rings is 1. The molecule has 0 fully saturated rings. The third-order valence-electron chi connectivity index (χ3n) is 2.46. The Labute approximate surface area is 111 Å². The van der Waals surface area contributed by atoms with Gasteiger partial charge in [-0.15, -0.1) is 11.3 Å². The molecule has 1 N–H and O–H groups in total. The molecule has 0 spiro atoms. The van der Waals surface area contributed by atoms with Crippen LogP contribution in [0.4, 0.5) is 0 Å². The molecule has 0 saturated heterocycles. The highest BCUT2D eigenvalue weighted by atomic mass is 79.9. The first-order valence-corrected chi connectivity index (χ1v) is 6.69. The van der Waals surface area contributed by atoms with Gasteiger partial charge in [0, 0.05) is 22.0 Å². The van der Waals surface area contributed by atoms with Gasteiger partial charge in [0.15, 0.2) is 0 Å². The number of benzene rings is 1. The summed E-state index contributed by atoms with van der Waals surface area (Å²) in [7, 11) is 0. The number of nitrogens with zero attached hydrogens (tertiary/aromatic N) is 1. The summed E-state index contributed by atoms with van der Waals surface area (Å²) in [4.78, 5) is 16.2. The Morgan fingerprint density at radius 3 is 2.65 bits per heavy atom.